The standard InChI is InChI=1S/C13H15BrN2O2S2/c1-7(2)10-11(12(17)18)20-13(15-10)16(3)5-8-4-9(14)19-6-8/h4,6-7H,5H2,1-3H3,(H,17,18). The molecule has 0 bridgehead atoms. The number of carboxylic acids is 1. The van der Waals surface area contributed by atoms with Crippen LogP contribution in [0, 0.1) is 0 Å². The smallest absolute Gasteiger partial charge is 0.347 e. The molecule has 0 atom stereocenters. The minimum Gasteiger partial charge on any atom is -0.477 e. The van der Waals surface area contributed by atoms with Crippen LogP contribution in [0.15, 0.2) is 15.2 Å². The maximum Gasteiger partial charge on any atom is 0.347 e. The SMILES string of the molecule is CC(C)c1nc(N(C)Cc2csc(Br)c2)sc1C(=O)O. The average Bonchev–Trinajstić information content (AvgIpc) is 2.95. The monoisotopic (exact) mass is 374 g/mol. The number of thiophene rings is 1. The molecule has 4 nitrogen and oxygen atoms in total. The van der Waals surface area contributed by atoms with Crippen LogP contribution in [0.1, 0.15) is 40.7 Å². The van der Waals surface area contributed by atoms with Crippen LogP contribution in [-0.4, -0.2) is 23.1 Å². The lowest BCUT2D eigenvalue weighted by Crippen LogP contribution is -2.15. The van der Waals surface area contributed by atoms with Crippen molar-refractivity contribution in [3.05, 3.63) is 31.4 Å². The summed E-state index contributed by atoms with van der Waals surface area (Å²) in [5.74, 6) is -0.793. The molecule has 0 saturated carbocycles. The molecule has 0 aromatic carbocycles. The zero-order valence-electron chi connectivity index (χ0n) is 11.4. The third-order valence-corrected chi connectivity index (χ3v) is 5.48. The predicted molar refractivity (Wildman–Crippen MR) is 87.3 cm³/mol. The van der Waals surface area contributed by atoms with Gasteiger partial charge in [-0.2, -0.15) is 0 Å². The van der Waals surface area contributed by atoms with E-state index in [4.69, 9.17) is 0 Å². The molecular formula is C13H15BrN2O2S2. The highest BCUT2D eigenvalue weighted by atomic mass is 79.9. The van der Waals surface area contributed by atoms with Gasteiger partial charge in [-0.1, -0.05) is 25.2 Å². The number of halogens is 1. The summed E-state index contributed by atoms with van der Waals surface area (Å²) in [5, 5.41) is 12.1. The Morgan fingerprint density at radius 1 is 1.55 bits per heavy atom. The van der Waals surface area contributed by atoms with Gasteiger partial charge >= 0.3 is 5.97 Å². The van der Waals surface area contributed by atoms with E-state index in [1.54, 1.807) is 11.3 Å². The fourth-order valence-corrected chi connectivity index (χ4v) is 4.02. The second-order valence-electron chi connectivity index (χ2n) is 4.79. The maximum absolute atomic E-state index is 11.3. The van der Waals surface area contributed by atoms with E-state index in [1.807, 2.05) is 25.8 Å². The first-order valence-corrected chi connectivity index (χ1v) is 8.55. The maximum atomic E-state index is 11.3. The Bertz CT molecular complexity index is 622. The first-order chi connectivity index (χ1) is 9.38. The zero-order chi connectivity index (χ0) is 14.9. The van der Waals surface area contributed by atoms with Crippen molar-refractivity contribution in [1.82, 2.24) is 4.98 Å². The molecule has 2 aromatic rings. The van der Waals surface area contributed by atoms with Gasteiger partial charge in [0, 0.05) is 13.6 Å². The first-order valence-electron chi connectivity index (χ1n) is 6.06. The van der Waals surface area contributed by atoms with Crippen LogP contribution in [0.2, 0.25) is 0 Å². The van der Waals surface area contributed by atoms with Crippen molar-refractivity contribution in [3.63, 3.8) is 0 Å². The molecule has 0 spiro atoms. The van der Waals surface area contributed by atoms with Gasteiger partial charge in [-0.05, 0) is 38.9 Å². The van der Waals surface area contributed by atoms with Crippen molar-refractivity contribution in [2.45, 2.75) is 26.3 Å². The second kappa shape index (κ2) is 6.24. The van der Waals surface area contributed by atoms with E-state index in [-0.39, 0.29) is 5.92 Å². The summed E-state index contributed by atoms with van der Waals surface area (Å²) in [4.78, 5) is 18.1. The molecule has 0 saturated heterocycles. The van der Waals surface area contributed by atoms with Gasteiger partial charge in [-0.3, -0.25) is 0 Å². The van der Waals surface area contributed by atoms with Crippen LogP contribution >= 0.6 is 38.6 Å². The molecule has 7 heteroatoms. The van der Waals surface area contributed by atoms with Gasteiger partial charge in [-0.15, -0.1) is 11.3 Å². The molecule has 0 fully saturated rings. The molecule has 0 unspecified atom stereocenters. The first kappa shape index (κ1) is 15.5. The number of hydrogen-bond donors (Lipinski definition) is 1. The highest BCUT2D eigenvalue weighted by Crippen LogP contribution is 2.31. The molecule has 0 radical (unpaired) electrons. The lowest BCUT2D eigenvalue weighted by Gasteiger charge is -2.14. The summed E-state index contributed by atoms with van der Waals surface area (Å²) in [7, 11) is 1.93. The molecule has 2 heterocycles. The molecule has 2 rings (SSSR count). The van der Waals surface area contributed by atoms with Crippen LogP contribution in [0.4, 0.5) is 5.13 Å². The number of nitrogens with zero attached hydrogens (tertiary/aromatic N) is 2. The van der Waals surface area contributed by atoms with Crippen molar-refractivity contribution in [2.75, 3.05) is 11.9 Å². The van der Waals surface area contributed by atoms with Crippen molar-refractivity contribution in [2.24, 2.45) is 0 Å². The van der Waals surface area contributed by atoms with Crippen LogP contribution in [0.25, 0.3) is 0 Å². The van der Waals surface area contributed by atoms with E-state index in [2.05, 4.69) is 32.4 Å². The number of rotatable bonds is 5. The quantitative estimate of drug-likeness (QED) is 0.840. The van der Waals surface area contributed by atoms with Crippen LogP contribution in [0.5, 0.6) is 0 Å². The third-order valence-electron chi connectivity index (χ3n) is 2.75. The van der Waals surface area contributed by atoms with Gasteiger partial charge in [-0.25, -0.2) is 9.78 Å². The fourth-order valence-electron chi connectivity index (χ4n) is 1.80. The van der Waals surface area contributed by atoms with Gasteiger partial charge in [0.05, 0.1) is 9.48 Å². The normalized spacial score (nSPS) is 11.1. The van der Waals surface area contributed by atoms with E-state index < -0.39 is 5.97 Å². The number of anilines is 1. The van der Waals surface area contributed by atoms with Crippen LogP contribution in [0.3, 0.4) is 0 Å². The molecule has 0 aliphatic heterocycles. The summed E-state index contributed by atoms with van der Waals surface area (Å²) in [6.07, 6.45) is 0. The van der Waals surface area contributed by atoms with Crippen molar-refractivity contribution < 1.29 is 9.90 Å². The van der Waals surface area contributed by atoms with Crippen LogP contribution < -0.4 is 4.90 Å². The Kier molecular flexibility index (Phi) is 4.82. The Morgan fingerprint density at radius 3 is 2.70 bits per heavy atom. The summed E-state index contributed by atoms with van der Waals surface area (Å²) in [6.45, 7) is 4.63. The number of carbonyl (C=O) groups is 1. The molecule has 0 aliphatic carbocycles. The molecule has 108 valence electrons. The van der Waals surface area contributed by atoms with Crippen molar-refractivity contribution in [3.8, 4) is 0 Å². The fraction of sp³-hybridized carbons (Fsp3) is 0.385. The van der Waals surface area contributed by atoms with Gasteiger partial charge < -0.3 is 10.0 Å². The summed E-state index contributed by atoms with van der Waals surface area (Å²) >= 11 is 6.32. The zero-order valence-corrected chi connectivity index (χ0v) is 14.6. The number of aromatic nitrogens is 1. The van der Waals surface area contributed by atoms with Gasteiger partial charge in [0.15, 0.2) is 5.13 Å². The highest BCUT2D eigenvalue weighted by molar-refractivity contribution is 9.11. The number of carboxylic acid groups (broad SMARTS) is 1. The number of hydrogen-bond acceptors (Lipinski definition) is 5. The van der Waals surface area contributed by atoms with E-state index in [9.17, 15) is 9.90 Å². The molecule has 1 N–H and O–H groups in total. The minimum absolute atomic E-state index is 0.106. The van der Waals surface area contributed by atoms with E-state index in [1.165, 1.54) is 16.9 Å². The van der Waals surface area contributed by atoms with Crippen molar-refractivity contribution in [1.29, 1.82) is 0 Å². The average molecular weight is 375 g/mol. The van der Waals surface area contributed by atoms with E-state index in [0.29, 0.717) is 17.1 Å². The third kappa shape index (κ3) is 3.39. The Balaban J connectivity index is 2.23. The van der Waals surface area contributed by atoms with Gasteiger partial charge in [0.2, 0.25) is 0 Å². The molecule has 0 aliphatic rings. The number of thiazole rings is 1. The second-order valence-corrected chi connectivity index (χ2v) is 8.05. The Hall–Kier alpha value is -0.920. The van der Waals surface area contributed by atoms with E-state index >= 15 is 0 Å². The molecule has 20 heavy (non-hydrogen) atoms. The largest absolute Gasteiger partial charge is 0.477 e. The summed E-state index contributed by atoms with van der Waals surface area (Å²) in [5.41, 5.74) is 1.85. The lowest BCUT2D eigenvalue weighted by atomic mass is 10.1. The minimum atomic E-state index is -0.899. The molecular weight excluding hydrogens is 360 g/mol. The van der Waals surface area contributed by atoms with Gasteiger partial charge in [0.25, 0.3) is 0 Å². The van der Waals surface area contributed by atoms with Gasteiger partial charge in [0.1, 0.15) is 4.88 Å². The molecule has 0 amide bonds. The lowest BCUT2D eigenvalue weighted by molar-refractivity contribution is 0.0700. The van der Waals surface area contributed by atoms with Crippen molar-refractivity contribution >= 4 is 49.7 Å². The molecule has 2 aromatic heterocycles. The van der Waals surface area contributed by atoms with Crippen LogP contribution in [-0.2, 0) is 6.54 Å². The summed E-state index contributed by atoms with van der Waals surface area (Å²) in [6, 6.07) is 2.07. The Morgan fingerprint density at radius 2 is 2.25 bits per heavy atom. The Labute approximate surface area is 134 Å². The highest BCUT2D eigenvalue weighted by Gasteiger charge is 2.21. The predicted octanol–water partition coefficient (Wildman–Crippen LogP) is 4.43. The van der Waals surface area contributed by atoms with E-state index in [0.717, 1.165) is 8.92 Å². The number of aromatic carboxylic acids is 1. The topological polar surface area (TPSA) is 53.4 Å². The summed E-state index contributed by atoms with van der Waals surface area (Å²) < 4.78 is 1.09.